The Labute approximate surface area is 151 Å². The van der Waals surface area contributed by atoms with E-state index in [9.17, 15) is 4.39 Å². The molecule has 1 fully saturated rings. The molecule has 26 heavy (non-hydrogen) atoms. The summed E-state index contributed by atoms with van der Waals surface area (Å²) in [5, 5.41) is 0. The van der Waals surface area contributed by atoms with Crippen LogP contribution in [0.4, 0.5) is 4.39 Å². The van der Waals surface area contributed by atoms with Crippen molar-refractivity contribution in [3.63, 3.8) is 0 Å². The molecule has 0 unspecified atom stereocenters. The van der Waals surface area contributed by atoms with Crippen LogP contribution in [-0.4, -0.2) is 46.8 Å². The molecular formula is C19H22FN3O3. The minimum absolute atomic E-state index is 0.0621. The molecule has 6 nitrogen and oxygen atoms in total. The van der Waals surface area contributed by atoms with Crippen LogP contribution in [0.1, 0.15) is 24.7 Å². The summed E-state index contributed by atoms with van der Waals surface area (Å²) in [5.74, 6) is 1.21. The third-order valence-electron chi connectivity index (χ3n) is 4.75. The minimum atomic E-state index is -0.365. The molecule has 7 heteroatoms. The van der Waals surface area contributed by atoms with Gasteiger partial charge in [0.05, 0.1) is 5.69 Å². The molecule has 0 N–H and O–H groups in total. The zero-order valence-electron chi connectivity index (χ0n) is 14.9. The van der Waals surface area contributed by atoms with Gasteiger partial charge in [-0.1, -0.05) is 0 Å². The lowest BCUT2D eigenvalue weighted by Gasteiger charge is -2.22. The van der Waals surface area contributed by atoms with Gasteiger partial charge in [-0.05, 0) is 19.9 Å². The Hall–Kier alpha value is -2.41. The van der Waals surface area contributed by atoms with Gasteiger partial charge in [-0.15, -0.1) is 0 Å². The highest BCUT2D eigenvalue weighted by Gasteiger charge is 2.32. The number of ether oxygens (including phenoxy) is 3. The Kier molecular flexibility index (Phi) is 4.63. The molecule has 0 saturated carbocycles. The van der Waals surface area contributed by atoms with E-state index >= 15 is 0 Å². The van der Waals surface area contributed by atoms with Crippen LogP contribution in [0.15, 0.2) is 24.4 Å². The van der Waals surface area contributed by atoms with Gasteiger partial charge in [-0.3, -0.25) is 9.88 Å². The van der Waals surface area contributed by atoms with E-state index in [2.05, 4.69) is 21.8 Å². The van der Waals surface area contributed by atoms with Crippen molar-refractivity contribution in [2.24, 2.45) is 0 Å². The Morgan fingerprint density at radius 1 is 1.31 bits per heavy atom. The van der Waals surface area contributed by atoms with Crippen molar-refractivity contribution in [1.82, 2.24) is 14.9 Å². The number of aromatic nitrogens is 2. The maximum absolute atomic E-state index is 14.4. The second-order valence-electron chi connectivity index (χ2n) is 6.80. The molecule has 0 amide bonds. The molecule has 1 saturated heterocycles. The Bertz CT molecular complexity index is 802. The second-order valence-corrected chi connectivity index (χ2v) is 6.80. The number of halogens is 1. The van der Waals surface area contributed by atoms with E-state index in [1.54, 1.807) is 6.20 Å². The average Bonchev–Trinajstić information content (AvgIpc) is 2.94. The van der Waals surface area contributed by atoms with Gasteiger partial charge in [0.1, 0.15) is 30.9 Å². The third kappa shape index (κ3) is 3.58. The van der Waals surface area contributed by atoms with Crippen molar-refractivity contribution in [3.05, 3.63) is 41.6 Å². The molecule has 2 atom stereocenters. The monoisotopic (exact) mass is 359 g/mol. The van der Waals surface area contributed by atoms with Crippen LogP contribution in [0, 0.1) is 12.7 Å². The summed E-state index contributed by atoms with van der Waals surface area (Å²) >= 11 is 0. The van der Waals surface area contributed by atoms with Gasteiger partial charge in [0.2, 0.25) is 0 Å². The lowest BCUT2D eigenvalue weighted by atomic mass is 10.2. The van der Waals surface area contributed by atoms with Crippen molar-refractivity contribution in [1.29, 1.82) is 0 Å². The first kappa shape index (κ1) is 17.0. The fourth-order valence-electron chi connectivity index (χ4n) is 3.43. The maximum Gasteiger partial charge on any atom is 0.257 e. The first-order valence-electron chi connectivity index (χ1n) is 8.87. The van der Waals surface area contributed by atoms with Crippen molar-refractivity contribution in [2.75, 3.05) is 19.8 Å². The number of pyridine rings is 2. The molecule has 0 radical (unpaired) electrons. The Morgan fingerprint density at radius 2 is 2.15 bits per heavy atom. The molecule has 2 aliphatic rings. The van der Waals surface area contributed by atoms with Gasteiger partial charge in [0.25, 0.3) is 5.88 Å². The van der Waals surface area contributed by atoms with Crippen molar-refractivity contribution in [3.8, 4) is 17.4 Å². The molecule has 138 valence electrons. The highest BCUT2D eigenvalue weighted by atomic mass is 19.1. The topological polar surface area (TPSA) is 56.7 Å². The number of likely N-dealkylation sites (tertiary alicyclic amines) is 1. The second kappa shape index (κ2) is 7.07. The summed E-state index contributed by atoms with van der Waals surface area (Å²) in [5.41, 5.74) is 1.30. The molecule has 0 spiro atoms. The SMILES string of the molecule is Cc1cc(O[C@@H]2C[C@H](C)N(Cc3nc4c(cc3F)OCCO4)C2)ccn1. The maximum atomic E-state index is 14.4. The zero-order chi connectivity index (χ0) is 18.1. The Morgan fingerprint density at radius 3 is 3.00 bits per heavy atom. The largest absolute Gasteiger partial charge is 0.489 e. The number of hydrogen-bond acceptors (Lipinski definition) is 6. The van der Waals surface area contributed by atoms with Gasteiger partial charge >= 0.3 is 0 Å². The highest BCUT2D eigenvalue weighted by Crippen LogP contribution is 2.31. The molecule has 4 rings (SSSR count). The van der Waals surface area contributed by atoms with E-state index in [0.29, 0.717) is 37.1 Å². The molecule has 4 heterocycles. The van der Waals surface area contributed by atoms with E-state index in [0.717, 1.165) is 24.4 Å². The molecule has 2 aromatic heterocycles. The minimum Gasteiger partial charge on any atom is -0.489 e. The predicted molar refractivity (Wildman–Crippen MR) is 93.1 cm³/mol. The molecule has 2 aliphatic heterocycles. The van der Waals surface area contributed by atoms with Gasteiger partial charge in [0.15, 0.2) is 5.75 Å². The van der Waals surface area contributed by atoms with Crippen LogP contribution in [0.25, 0.3) is 0 Å². The van der Waals surface area contributed by atoms with E-state index < -0.39 is 0 Å². The van der Waals surface area contributed by atoms with Gasteiger partial charge in [-0.25, -0.2) is 9.37 Å². The van der Waals surface area contributed by atoms with Crippen molar-refractivity contribution >= 4 is 0 Å². The first-order valence-corrected chi connectivity index (χ1v) is 8.87. The van der Waals surface area contributed by atoms with Crippen LogP contribution in [-0.2, 0) is 6.54 Å². The molecule has 2 aromatic rings. The number of rotatable bonds is 4. The van der Waals surface area contributed by atoms with Crippen molar-refractivity contribution in [2.45, 2.75) is 39.0 Å². The standard InChI is InChI=1S/C19H22FN3O3/c1-12-7-14(3-4-21-12)26-15-8-13(2)23(10-15)11-17-16(20)9-18-19(22-17)25-6-5-24-18/h3-4,7,9,13,15H,5-6,8,10-11H2,1-2H3/t13-,15+/m0/s1. The summed E-state index contributed by atoms with van der Waals surface area (Å²) in [6.07, 6.45) is 2.69. The fourth-order valence-corrected chi connectivity index (χ4v) is 3.43. The lowest BCUT2D eigenvalue weighted by Crippen LogP contribution is -2.29. The van der Waals surface area contributed by atoms with Crippen molar-refractivity contribution < 1.29 is 18.6 Å². The summed E-state index contributed by atoms with van der Waals surface area (Å²) in [7, 11) is 0. The summed E-state index contributed by atoms with van der Waals surface area (Å²) < 4.78 is 31.3. The van der Waals surface area contributed by atoms with Crippen LogP contribution >= 0.6 is 0 Å². The predicted octanol–water partition coefficient (Wildman–Crippen LogP) is 2.74. The normalized spacial score (nSPS) is 22.4. The van der Waals surface area contributed by atoms with E-state index in [1.165, 1.54) is 6.07 Å². The average molecular weight is 359 g/mol. The van der Waals surface area contributed by atoms with Gasteiger partial charge < -0.3 is 14.2 Å². The summed E-state index contributed by atoms with van der Waals surface area (Å²) in [6, 6.07) is 5.43. The quantitative estimate of drug-likeness (QED) is 0.837. The van der Waals surface area contributed by atoms with Crippen LogP contribution in [0.5, 0.6) is 17.4 Å². The number of aryl methyl sites for hydroxylation is 1. The van der Waals surface area contributed by atoms with Crippen LogP contribution < -0.4 is 14.2 Å². The Balaban J connectivity index is 1.44. The van der Waals surface area contributed by atoms with Crippen LogP contribution in [0.3, 0.4) is 0 Å². The van der Waals surface area contributed by atoms with E-state index in [4.69, 9.17) is 14.2 Å². The fraction of sp³-hybridized carbons (Fsp3) is 0.474. The number of hydrogen-bond donors (Lipinski definition) is 0. The molecule has 0 bridgehead atoms. The third-order valence-corrected chi connectivity index (χ3v) is 4.75. The smallest absolute Gasteiger partial charge is 0.257 e. The molecule has 0 aromatic carbocycles. The summed E-state index contributed by atoms with van der Waals surface area (Å²) in [4.78, 5) is 10.7. The lowest BCUT2D eigenvalue weighted by molar-refractivity contribution is 0.160. The number of nitrogens with zero attached hydrogens (tertiary/aromatic N) is 3. The van der Waals surface area contributed by atoms with Crippen LogP contribution in [0.2, 0.25) is 0 Å². The molecule has 0 aliphatic carbocycles. The highest BCUT2D eigenvalue weighted by molar-refractivity contribution is 5.36. The van der Waals surface area contributed by atoms with Gasteiger partial charge in [0, 0.05) is 49.6 Å². The molecular weight excluding hydrogens is 337 g/mol. The van der Waals surface area contributed by atoms with E-state index in [1.807, 2.05) is 19.1 Å². The van der Waals surface area contributed by atoms with E-state index in [-0.39, 0.29) is 18.0 Å². The first-order chi connectivity index (χ1) is 12.6. The van der Waals surface area contributed by atoms with Gasteiger partial charge in [-0.2, -0.15) is 0 Å². The summed E-state index contributed by atoms with van der Waals surface area (Å²) in [6.45, 7) is 6.05. The number of fused-ring (bicyclic) bond motifs is 1. The zero-order valence-corrected chi connectivity index (χ0v) is 14.9.